The maximum absolute atomic E-state index is 13.4. The van der Waals surface area contributed by atoms with Crippen LogP contribution in [0.15, 0.2) is 35.1 Å². The van der Waals surface area contributed by atoms with Crippen LogP contribution in [0.1, 0.15) is 161 Å². The first-order chi connectivity index (χ1) is 17.3. The Hall–Kier alpha value is -1.31. The number of carbonyl (C=O) groups is 1. The standard InChI is InChI=1S/C33H54O2/c34-33(35-31-26-20-14-8-3-9-15-21-27-31)28-32(29-22-16-10-4-1-5-11-17-23-29)30-24-18-12-6-2-7-13-19-25-30/h22,24,26,32H,1-21,23,25,27-28H2. The summed E-state index contributed by atoms with van der Waals surface area (Å²) in [5.41, 5.74) is 3.10. The van der Waals surface area contributed by atoms with Crippen LogP contribution < -0.4 is 0 Å². The summed E-state index contributed by atoms with van der Waals surface area (Å²) in [5, 5.41) is 0. The zero-order chi connectivity index (χ0) is 24.4. The molecular weight excluding hydrogens is 428 g/mol. The number of rotatable bonds is 5. The summed E-state index contributed by atoms with van der Waals surface area (Å²) in [7, 11) is 0. The van der Waals surface area contributed by atoms with Crippen molar-refractivity contribution >= 4 is 5.97 Å². The van der Waals surface area contributed by atoms with Gasteiger partial charge in [-0.2, -0.15) is 0 Å². The lowest BCUT2D eigenvalue weighted by Gasteiger charge is -2.25. The van der Waals surface area contributed by atoms with Crippen LogP contribution in [0.2, 0.25) is 0 Å². The van der Waals surface area contributed by atoms with E-state index >= 15 is 0 Å². The third-order valence-corrected chi connectivity index (χ3v) is 8.41. The van der Waals surface area contributed by atoms with Gasteiger partial charge in [-0.1, -0.05) is 100 Å². The zero-order valence-corrected chi connectivity index (χ0v) is 22.8. The van der Waals surface area contributed by atoms with Gasteiger partial charge in [0.15, 0.2) is 0 Å². The molecule has 0 radical (unpaired) electrons. The van der Waals surface area contributed by atoms with Gasteiger partial charge >= 0.3 is 5.97 Å². The summed E-state index contributed by atoms with van der Waals surface area (Å²) in [4.78, 5) is 13.4. The minimum Gasteiger partial charge on any atom is -0.431 e. The molecule has 3 aliphatic rings. The van der Waals surface area contributed by atoms with Crippen molar-refractivity contribution in [1.29, 1.82) is 0 Å². The summed E-state index contributed by atoms with van der Waals surface area (Å²) in [6, 6.07) is 0. The van der Waals surface area contributed by atoms with Crippen LogP contribution in [0.4, 0.5) is 0 Å². The summed E-state index contributed by atoms with van der Waals surface area (Å²) in [5.74, 6) is 1.23. The van der Waals surface area contributed by atoms with Crippen LogP contribution in [-0.2, 0) is 9.53 Å². The van der Waals surface area contributed by atoms with Crippen molar-refractivity contribution in [1.82, 2.24) is 0 Å². The lowest BCUT2D eigenvalue weighted by atomic mass is 9.81. The maximum Gasteiger partial charge on any atom is 0.311 e. The fourth-order valence-electron chi connectivity index (χ4n) is 6.24. The maximum atomic E-state index is 13.4. The van der Waals surface area contributed by atoms with Crippen molar-refractivity contribution in [2.75, 3.05) is 0 Å². The Kier molecular flexibility index (Phi) is 14.5. The third-order valence-electron chi connectivity index (χ3n) is 8.41. The lowest BCUT2D eigenvalue weighted by molar-refractivity contribution is -0.140. The van der Waals surface area contributed by atoms with Gasteiger partial charge in [0.2, 0.25) is 0 Å². The zero-order valence-electron chi connectivity index (χ0n) is 22.8. The number of allylic oxidation sites excluding steroid dienone is 6. The van der Waals surface area contributed by atoms with Crippen LogP contribution in [-0.4, -0.2) is 5.97 Å². The van der Waals surface area contributed by atoms with Gasteiger partial charge in [-0.3, -0.25) is 4.79 Å². The van der Waals surface area contributed by atoms with E-state index in [9.17, 15) is 4.79 Å². The first kappa shape index (κ1) is 28.3. The van der Waals surface area contributed by atoms with Gasteiger partial charge in [-0.25, -0.2) is 0 Å². The molecule has 2 nitrogen and oxygen atoms in total. The molecule has 0 spiro atoms. The highest BCUT2D eigenvalue weighted by Crippen LogP contribution is 2.35. The Balaban J connectivity index is 1.74. The molecule has 0 saturated carbocycles. The Morgan fingerprint density at radius 3 is 1.46 bits per heavy atom. The summed E-state index contributed by atoms with van der Waals surface area (Å²) in [6.45, 7) is 0. The Morgan fingerprint density at radius 1 is 0.543 bits per heavy atom. The molecule has 0 fully saturated rings. The van der Waals surface area contributed by atoms with Gasteiger partial charge in [0, 0.05) is 12.3 Å². The van der Waals surface area contributed by atoms with E-state index in [-0.39, 0.29) is 11.9 Å². The van der Waals surface area contributed by atoms with E-state index in [1.54, 1.807) is 11.1 Å². The molecule has 0 unspecified atom stereocenters. The molecule has 0 aliphatic heterocycles. The van der Waals surface area contributed by atoms with E-state index in [0.717, 1.165) is 37.9 Å². The van der Waals surface area contributed by atoms with Crippen LogP contribution in [0.3, 0.4) is 0 Å². The van der Waals surface area contributed by atoms with Gasteiger partial charge in [-0.15, -0.1) is 0 Å². The van der Waals surface area contributed by atoms with Gasteiger partial charge in [0.05, 0.1) is 6.42 Å². The minimum absolute atomic E-state index is 0.00861. The van der Waals surface area contributed by atoms with Crippen molar-refractivity contribution in [3.8, 4) is 0 Å². The first-order valence-electron chi connectivity index (χ1n) is 15.6. The molecule has 0 aromatic carbocycles. The van der Waals surface area contributed by atoms with Crippen LogP contribution >= 0.6 is 0 Å². The topological polar surface area (TPSA) is 26.3 Å². The highest BCUT2D eigenvalue weighted by atomic mass is 16.5. The quantitative estimate of drug-likeness (QED) is 0.288. The number of hydrogen-bond donors (Lipinski definition) is 0. The highest BCUT2D eigenvalue weighted by molar-refractivity contribution is 5.72. The molecule has 0 bridgehead atoms. The first-order valence-corrected chi connectivity index (χ1v) is 15.6. The van der Waals surface area contributed by atoms with Crippen LogP contribution in [0, 0.1) is 5.92 Å². The third kappa shape index (κ3) is 12.0. The predicted octanol–water partition coefficient (Wildman–Crippen LogP) is 10.7. The number of carbonyl (C=O) groups excluding carboxylic acids is 1. The smallest absolute Gasteiger partial charge is 0.311 e. The molecule has 35 heavy (non-hydrogen) atoms. The summed E-state index contributed by atoms with van der Waals surface area (Å²) < 4.78 is 6.10. The van der Waals surface area contributed by atoms with E-state index in [2.05, 4.69) is 18.2 Å². The molecule has 0 N–H and O–H groups in total. The van der Waals surface area contributed by atoms with Gasteiger partial charge < -0.3 is 4.74 Å². The molecule has 3 rings (SSSR count). The molecule has 0 saturated heterocycles. The average Bonchev–Trinajstić information content (AvgIpc) is 2.88. The fourth-order valence-corrected chi connectivity index (χ4v) is 6.24. The Labute approximate surface area is 217 Å². The van der Waals surface area contributed by atoms with Gasteiger partial charge in [0.25, 0.3) is 0 Å². The van der Waals surface area contributed by atoms with Crippen molar-refractivity contribution in [3.63, 3.8) is 0 Å². The normalized spacial score (nSPS) is 23.6. The van der Waals surface area contributed by atoms with Crippen molar-refractivity contribution in [3.05, 3.63) is 35.1 Å². The molecule has 3 aliphatic carbocycles. The Bertz CT molecular complexity index is 649. The molecule has 0 heterocycles. The number of ether oxygens (including phenoxy) is 1. The van der Waals surface area contributed by atoms with E-state index in [1.165, 1.54) is 122 Å². The molecular formula is C33H54O2. The van der Waals surface area contributed by atoms with Crippen LogP contribution in [0.25, 0.3) is 0 Å². The molecule has 0 aromatic rings. The summed E-state index contributed by atoms with van der Waals surface area (Å²) in [6.07, 6.45) is 38.2. The molecule has 198 valence electrons. The number of esters is 1. The van der Waals surface area contributed by atoms with E-state index in [4.69, 9.17) is 4.74 Å². The highest BCUT2D eigenvalue weighted by Gasteiger charge is 2.24. The molecule has 0 amide bonds. The molecule has 2 heteroatoms. The minimum atomic E-state index is 0.00861. The second-order valence-corrected chi connectivity index (χ2v) is 11.4. The fraction of sp³-hybridized carbons (Fsp3) is 0.788. The van der Waals surface area contributed by atoms with Crippen molar-refractivity contribution in [2.45, 2.75) is 161 Å². The average molecular weight is 483 g/mol. The second kappa shape index (κ2) is 18.0. The molecule has 0 atom stereocenters. The van der Waals surface area contributed by atoms with E-state index < -0.39 is 0 Å². The second-order valence-electron chi connectivity index (χ2n) is 11.4. The van der Waals surface area contributed by atoms with E-state index in [0.29, 0.717) is 6.42 Å². The SMILES string of the molecule is O=C(CC(C1=CCCCCCCCC1)C1=CCCCCCCCC1)OC1=CCCCCCCCC1. The molecule has 0 aromatic heterocycles. The predicted molar refractivity (Wildman–Crippen MR) is 149 cm³/mol. The Morgan fingerprint density at radius 2 is 0.943 bits per heavy atom. The number of hydrogen-bond acceptors (Lipinski definition) is 2. The van der Waals surface area contributed by atoms with Gasteiger partial charge in [-0.05, 0) is 76.7 Å². The van der Waals surface area contributed by atoms with Gasteiger partial charge in [0.1, 0.15) is 5.76 Å². The monoisotopic (exact) mass is 482 g/mol. The van der Waals surface area contributed by atoms with Crippen molar-refractivity contribution in [2.24, 2.45) is 5.92 Å². The van der Waals surface area contributed by atoms with Crippen molar-refractivity contribution < 1.29 is 9.53 Å². The largest absolute Gasteiger partial charge is 0.431 e. The van der Waals surface area contributed by atoms with E-state index in [1.807, 2.05) is 0 Å². The van der Waals surface area contributed by atoms with Crippen LogP contribution in [0.5, 0.6) is 0 Å². The lowest BCUT2D eigenvalue weighted by Crippen LogP contribution is -2.17. The summed E-state index contributed by atoms with van der Waals surface area (Å²) >= 11 is 0.